The van der Waals surface area contributed by atoms with Crippen LogP contribution in [0.3, 0.4) is 0 Å². The topological polar surface area (TPSA) is 88.0 Å². The van der Waals surface area contributed by atoms with Gasteiger partial charge < -0.3 is 15.3 Å². The van der Waals surface area contributed by atoms with Gasteiger partial charge in [-0.3, -0.25) is 9.59 Å². The second-order valence-corrected chi connectivity index (χ2v) is 5.08. The summed E-state index contributed by atoms with van der Waals surface area (Å²) >= 11 is 6.00. The molecule has 21 heavy (non-hydrogen) atoms. The van der Waals surface area contributed by atoms with Crippen molar-refractivity contribution in [2.45, 2.75) is 26.2 Å². The van der Waals surface area contributed by atoms with Crippen LogP contribution in [0.2, 0.25) is 5.02 Å². The van der Waals surface area contributed by atoms with E-state index in [1.54, 1.807) is 12.1 Å². The number of hydrogen-bond acceptors (Lipinski definition) is 4. The number of oxime groups is 1. The molecule has 0 fully saturated rings. The Labute approximate surface area is 126 Å². The molecule has 1 aliphatic rings. The molecular formula is C14H15ClN2O4. The molecule has 0 spiro atoms. The molecule has 1 heterocycles. The molecule has 0 saturated heterocycles. The summed E-state index contributed by atoms with van der Waals surface area (Å²) in [4.78, 5) is 27.3. The second-order valence-electron chi connectivity index (χ2n) is 4.67. The summed E-state index contributed by atoms with van der Waals surface area (Å²) in [5.41, 5.74) is 2.31. The molecule has 0 aromatic heterocycles. The maximum Gasteiger partial charge on any atom is 0.303 e. The van der Waals surface area contributed by atoms with E-state index in [1.165, 1.54) is 0 Å². The van der Waals surface area contributed by atoms with Gasteiger partial charge >= 0.3 is 5.97 Å². The number of carboxylic acid groups (broad SMARTS) is 1. The van der Waals surface area contributed by atoms with Gasteiger partial charge in [-0.25, -0.2) is 0 Å². The number of carbonyl (C=O) groups excluding carboxylic acids is 1. The Morgan fingerprint density at radius 2 is 2.19 bits per heavy atom. The lowest BCUT2D eigenvalue weighted by atomic mass is 10.1. The number of amides is 1. The van der Waals surface area contributed by atoms with E-state index in [0.717, 1.165) is 5.56 Å². The van der Waals surface area contributed by atoms with Crippen molar-refractivity contribution < 1.29 is 19.5 Å². The van der Waals surface area contributed by atoms with Crippen molar-refractivity contribution in [2.75, 3.05) is 11.9 Å². The molecule has 7 heteroatoms. The molecule has 2 rings (SSSR count). The third-order valence-corrected chi connectivity index (χ3v) is 3.55. The van der Waals surface area contributed by atoms with E-state index >= 15 is 0 Å². The number of nitrogens with one attached hydrogen (secondary N) is 1. The molecule has 0 saturated carbocycles. The number of carbonyl (C=O) groups is 2. The van der Waals surface area contributed by atoms with Gasteiger partial charge in [-0.05, 0) is 37.5 Å². The molecule has 0 atom stereocenters. The summed E-state index contributed by atoms with van der Waals surface area (Å²) in [6.07, 6.45) is 1.18. The normalized spacial score (nSPS) is 15.0. The zero-order valence-corrected chi connectivity index (χ0v) is 12.2. The number of fused-ring (bicyclic) bond motifs is 1. The fraction of sp³-hybridized carbons (Fsp3) is 0.357. The summed E-state index contributed by atoms with van der Waals surface area (Å²) < 4.78 is 0. The Morgan fingerprint density at radius 1 is 1.43 bits per heavy atom. The number of nitrogens with zero attached hydrogens (tertiary/aromatic N) is 1. The monoisotopic (exact) mass is 310 g/mol. The molecule has 6 nitrogen and oxygen atoms in total. The molecule has 0 unspecified atom stereocenters. The van der Waals surface area contributed by atoms with Crippen LogP contribution in [-0.4, -0.2) is 29.3 Å². The minimum Gasteiger partial charge on any atom is -0.481 e. The fourth-order valence-corrected chi connectivity index (χ4v) is 2.14. The van der Waals surface area contributed by atoms with Crippen molar-refractivity contribution in [3.8, 4) is 0 Å². The maximum atomic E-state index is 11.9. The highest BCUT2D eigenvalue weighted by Crippen LogP contribution is 2.32. The summed E-state index contributed by atoms with van der Waals surface area (Å²) in [6.45, 7) is 2.09. The van der Waals surface area contributed by atoms with E-state index in [9.17, 15) is 9.59 Å². The average molecular weight is 311 g/mol. The predicted octanol–water partition coefficient (Wildman–Crippen LogP) is 2.58. The molecular weight excluding hydrogens is 296 g/mol. The van der Waals surface area contributed by atoms with Crippen LogP contribution >= 0.6 is 11.6 Å². The maximum absolute atomic E-state index is 11.9. The van der Waals surface area contributed by atoms with Crippen LogP contribution in [-0.2, 0) is 14.4 Å². The SMILES string of the molecule is Cc1c(Cl)ccc2c1NC(=O)C2=NOCCCCC(=O)O. The van der Waals surface area contributed by atoms with E-state index in [2.05, 4.69) is 10.5 Å². The number of hydrogen-bond donors (Lipinski definition) is 2. The molecule has 1 aromatic rings. The number of anilines is 1. The van der Waals surface area contributed by atoms with Crippen molar-refractivity contribution in [2.24, 2.45) is 5.16 Å². The fourth-order valence-electron chi connectivity index (χ4n) is 1.98. The zero-order chi connectivity index (χ0) is 15.4. The molecule has 0 radical (unpaired) electrons. The first kappa shape index (κ1) is 15.3. The Morgan fingerprint density at radius 3 is 2.90 bits per heavy atom. The third kappa shape index (κ3) is 3.52. The largest absolute Gasteiger partial charge is 0.481 e. The van der Waals surface area contributed by atoms with E-state index in [4.69, 9.17) is 21.5 Å². The highest BCUT2D eigenvalue weighted by molar-refractivity contribution is 6.54. The van der Waals surface area contributed by atoms with E-state index in [1.807, 2.05) is 6.92 Å². The average Bonchev–Trinajstić information content (AvgIpc) is 2.75. The number of halogens is 1. The minimum absolute atomic E-state index is 0.0982. The van der Waals surface area contributed by atoms with Crippen LogP contribution in [0.25, 0.3) is 0 Å². The van der Waals surface area contributed by atoms with Crippen LogP contribution in [0, 0.1) is 6.92 Å². The number of carboxylic acids is 1. The highest BCUT2D eigenvalue weighted by atomic mass is 35.5. The van der Waals surface area contributed by atoms with Gasteiger partial charge in [-0.15, -0.1) is 0 Å². The Hall–Kier alpha value is -2.08. The highest BCUT2D eigenvalue weighted by Gasteiger charge is 2.28. The number of unbranched alkanes of at least 4 members (excludes halogenated alkanes) is 1. The first-order valence-electron chi connectivity index (χ1n) is 6.53. The van der Waals surface area contributed by atoms with Gasteiger partial charge in [0.05, 0.1) is 5.69 Å². The van der Waals surface area contributed by atoms with Gasteiger partial charge in [0.15, 0.2) is 5.71 Å². The summed E-state index contributed by atoms with van der Waals surface area (Å²) in [7, 11) is 0. The minimum atomic E-state index is -0.835. The molecule has 2 N–H and O–H groups in total. The van der Waals surface area contributed by atoms with Crippen molar-refractivity contribution in [3.63, 3.8) is 0 Å². The standard InChI is InChI=1S/C14H15ClN2O4/c1-8-10(15)6-5-9-12(8)16-14(20)13(9)17-21-7-3-2-4-11(18)19/h5-6H,2-4,7H2,1H3,(H,18,19)(H,16,17,20). The van der Waals surface area contributed by atoms with Crippen LogP contribution in [0.5, 0.6) is 0 Å². The lowest BCUT2D eigenvalue weighted by Crippen LogP contribution is -2.15. The number of aliphatic carboxylic acids is 1. The lowest BCUT2D eigenvalue weighted by Gasteiger charge is -2.04. The Balaban J connectivity index is 1.99. The summed E-state index contributed by atoms with van der Waals surface area (Å²) in [5.74, 6) is -1.17. The zero-order valence-electron chi connectivity index (χ0n) is 11.5. The molecule has 1 amide bonds. The van der Waals surface area contributed by atoms with E-state index in [0.29, 0.717) is 29.1 Å². The first-order chi connectivity index (χ1) is 10.0. The summed E-state index contributed by atoms with van der Waals surface area (Å²) in [5, 5.41) is 15.6. The van der Waals surface area contributed by atoms with E-state index in [-0.39, 0.29) is 24.6 Å². The van der Waals surface area contributed by atoms with Gasteiger partial charge in [-0.1, -0.05) is 16.8 Å². The molecule has 1 aliphatic heterocycles. The molecule has 0 bridgehead atoms. The van der Waals surface area contributed by atoms with Crippen molar-refractivity contribution in [3.05, 3.63) is 28.3 Å². The third-order valence-electron chi connectivity index (χ3n) is 3.14. The smallest absolute Gasteiger partial charge is 0.303 e. The van der Waals surface area contributed by atoms with Gasteiger partial charge in [0.1, 0.15) is 6.61 Å². The van der Waals surface area contributed by atoms with Gasteiger partial charge in [0.2, 0.25) is 0 Å². The van der Waals surface area contributed by atoms with E-state index < -0.39 is 5.97 Å². The van der Waals surface area contributed by atoms with Crippen molar-refractivity contribution in [1.29, 1.82) is 0 Å². The Kier molecular flexibility index (Phi) is 4.80. The molecule has 112 valence electrons. The van der Waals surface area contributed by atoms with Gasteiger partial charge in [0, 0.05) is 17.0 Å². The summed E-state index contributed by atoms with van der Waals surface area (Å²) in [6, 6.07) is 3.42. The molecule has 0 aliphatic carbocycles. The number of benzene rings is 1. The van der Waals surface area contributed by atoms with Crippen LogP contribution in [0.4, 0.5) is 5.69 Å². The lowest BCUT2D eigenvalue weighted by molar-refractivity contribution is -0.137. The van der Waals surface area contributed by atoms with Gasteiger partial charge in [-0.2, -0.15) is 0 Å². The number of rotatable bonds is 6. The van der Waals surface area contributed by atoms with Crippen LogP contribution in [0.15, 0.2) is 17.3 Å². The first-order valence-corrected chi connectivity index (χ1v) is 6.91. The predicted molar refractivity (Wildman–Crippen MR) is 78.8 cm³/mol. The second kappa shape index (κ2) is 6.58. The van der Waals surface area contributed by atoms with Crippen LogP contribution in [0.1, 0.15) is 30.4 Å². The van der Waals surface area contributed by atoms with Crippen LogP contribution < -0.4 is 5.32 Å². The van der Waals surface area contributed by atoms with Crippen molar-refractivity contribution >= 4 is 34.9 Å². The molecule has 1 aromatic carbocycles. The van der Waals surface area contributed by atoms with Crippen molar-refractivity contribution in [1.82, 2.24) is 0 Å². The van der Waals surface area contributed by atoms with Gasteiger partial charge in [0.25, 0.3) is 5.91 Å². The quantitative estimate of drug-likeness (QED) is 0.624. The Bertz CT molecular complexity index is 613.